The zero-order valence-corrected chi connectivity index (χ0v) is 20.4. The number of rotatable bonds is 4. The van der Waals surface area contributed by atoms with Gasteiger partial charge in [-0.25, -0.2) is 4.98 Å². The maximum Gasteiger partial charge on any atom is 1.00 e. The summed E-state index contributed by atoms with van der Waals surface area (Å²) < 4.78 is 31.7. The second kappa shape index (κ2) is 9.34. The van der Waals surface area contributed by atoms with E-state index >= 15 is 0 Å². The fourth-order valence-electron chi connectivity index (χ4n) is 2.71. The predicted octanol–water partition coefficient (Wildman–Crippen LogP) is -4.15. The smallest absolute Gasteiger partial charge is 0.780 e. The van der Waals surface area contributed by atoms with Gasteiger partial charge in [-0.2, -0.15) is 0 Å². The molecule has 1 aliphatic rings. The van der Waals surface area contributed by atoms with E-state index in [9.17, 15) is 14.4 Å². The molecule has 3 aromatic rings. The maximum absolute atomic E-state index is 11.2. The normalized spacial score (nSPS) is 12.1. The number of hydrogen-bond acceptors (Lipinski definition) is 8. The molecule has 2 aromatic carbocycles. The number of ether oxygens (including phenoxy) is 3. The van der Waals surface area contributed by atoms with E-state index in [-0.39, 0.29) is 71.7 Å². The molecule has 0 aliphatic carbocycles. The van der Waals surface area contributed by atoms with Crippen molar-refractivity contribution in [1.82, 2.24) is 4.98 Å². The number of fused-ring (bicyclic) bond motifs is 2. The van der Waals surface area contributed by atoms with Gasteiger partial charge in [-0.15, -0.1) is 0 Å². The van der Waals surface area contributed by atoms with Crippen LogP contribution in [0.1, 0.15) is 0 Å². The Morgan fingerprint density at radius 2 is 1.79 bits per heavy atom. The van der Waals surface area contributed by atoms with E-state index in [4.69, 9.17) is 14.2 Å². The van der Waals surface area contributed by atoms with Gasteiger partial charge in [-0.1, -0.05) is 12.1 Å². The second-order valence-corrected chi connectivity index (χ2v) is 6.58. The Kier molecular flexibility index (Phi) is 7.83. The van der Waals surface area contributed by atoms with Crippen molar-refractivity contribution in [3.63, 3.8) is 0 Å². The number of phosphoric acid groups is 1. The van der Waals surface area contributed by atoms with Crippen LogP contribution < -0.4 is 87.6 Å². The molecule has 11 heteroatoms. The van der Waals surface area contributed by atoms with Crippen LogP contribution in [0.25, 0.3) is 22.2 Å². The molecule has 1 aliphatic heterocycles. The van der Waals surface area contributed by atoms with E-state index in [0.717, 1.165) is 0 Å². The van der Waals surface area contributed by atoms with Crippen LogP contribution in [-0.4, -0.2) is 18.9 Å². The number of pyridine rings is 1. The summed E-state index contributed by atoms with van der Waals surface area (Å²) >= 11 is 0. The third-order valence-electron chi connectivity index (χ3n) is 3.84. The molecule has 134 valence electrons. The van der Waals surface area contributed by atoms with E-state index in [1.807, 2.05) is 0 Å². The van der Waals surface area contributed by atoms with Gasteiger partial charge in [-0.3, -0.25) is 0 Å². The fourth-order valence-corrected chi connectivity index (χ4v) is 3.10. The van der Waals surface area contributed by atoms with Crippen molar-refractivity contribution in [2.24, 2.45) is 0 Å². The Bertz CT molecular complexity index is 1060. The number of aromatic nitrogens is 1. The van der Waals surface area contributed by atoms with Gasteiger partial charge >= 0.3 is 59.1 Å². The van der Waals surface area contributed by atoms with Gasteiger partial charge in [0.25, 0.3) is 0 Å². The molecule has 0 N–H and O–H groups in total. The molecule has 4 rings (SSSR count). The Morgan fingerprint density at radius 1 is 1.07 bits per heavy atom. The van der Waals surface area contributed by atoms with Crippen LogP contribution in [0.2, 0.25) is 0 Å². The minimum atomic E-state index is -5.26. The van der Waals surface area contributed by atoms with Crippen LogP contribution in [0.3, 0.4) is 0 Å². The molecule has 8 nitrogen and oxygen atoms in total. The first-order valence-electron chi connectivity index (χ1n) is 7.53. The van der Waals surface area contributed by atoms with E-state index < -0.39 is 7.82 Å². The van der Waals surface area contributed by atoms with Crippen molar-refractivity contribution in [2.75, 3.05) is 13.9 Å². The van der Waals surface area contributed by atoms with Gasteiger partial charge in [0.15, 0.2) is 11.5 Å². The third kappa shape index (κ3) is 5.02. The van der Waals surface area contributed by atoms with Crippen molar-refractivity contribution < 1.29 is 92.2 Å². The van der Waals surface area contributed by atoms with Crippen LogP contribution in [-0.2, 0) is 4.57 Å². The summed E-state index contributed by atoms with van der Waals surface area (Å²) in [5.74, 6) is 1.38. The summed E-state index contributed by atoms with van der Waals surface area (Å²) in [6.45, 7) is 0.0478. The summed E-state index contributed by atoms with van der Waals surface area (Å²) in [5, 5.41) is 0.327. The topological polar surface area (TPSA) is 113 Å². The fraction of sp³-hybridized carbons (Fsp3) is 0.118. The van der Waals surface area contributed by atoms with E-state index in [2.05, 4.69) is 9.51 Å². The van der Waals surface area contributed by atoms with Gasteiger partial charge in [0.05, 0.1) is 18.3 Å². The first kappa shape index (κ1) is 23.5. The molecule has 28 heavy (non-hydrogen) atoms. The number of hydrogen-bond donors (Lipinski definition) is 0. The molecular weight excluding hydrogens is 407 g/mol. The molecule has 0 spiro atoms. The standard InChI is InChI=1S/C17H14NO7P.2Na/c1-22-11-4-2-3-10(5-11)13-7-15(25-26(19,20)21)12-6-16-17(24-9-23-16)8-14(12)18-13;;/h2-8H,9H2,1H3,(H2,19,20,21);;/q;2*+1/p-2. The SMILES string of the molecule is COc1cccc(-c2cc(OP(=O)([O-])[O-])c3cc4c(cc3n2)OCO4)c1.[Na+].[Na+]. The number of nitrogens with zero attached hydrogens (tertiary/aromatic N) is 1. The van der Waals surface area contributed by atoms with Crippen molar-refractivity contribution in [2.45, 2.75) is 0 Å². The molecule has 0 atom stereocenters. The first-order valence-corrected chi connectivity index (χ1v) is 8.99. The minimum Gasteiger partial charge on any atom is -0.780 e. The molecular formula is C17H12NNa2O7P. The van der Waals surface area contributed by atoms with Crippen LogP contribution in [0.4, 0.5) is 0 Å². The van der Waals surface area contributed by atoms with Crippen molar-refractivity contribution in [1.29, 1.82) is 0 Å². The zero-order valence-electron chi connectivity index (χ0n) is 15.5. The quantitative estimate of drug-likeness (QED) is 0.310. The van der Waals surface area contributed by atoms with Crippen molar-refractivity contribution in [3.8, 4) is 34.3 Å². The molecule has 1 aromatic heterocycles. The maximum atomic E-state index is 11.2. The van der Waals surface area contributed by atoms with Gasteiger partial charge in [0, 0.05) is 23.1 Å². The first-order chi connectivity index (χ1) is 12.4. The Morgan fingerprint density at radius 3 is 2.46 bits per heavy atom. The molecule has 0 radical (unpaired) electrons. The number of phosphoric ester groups is 1. The number of methoxy groups -OCH3 is 1. The van der Waals surface area contributed by atoms with Gasteiger partial charge < -0.3 is 33.1 Å². The average molecular weight is 419 g/mol. The Labute approximate surface area is 205 Å². The second-order valence-electron chi connectivity index (χ2n) is 5.50. The van der Waals surface area contributed by atoms with Crippen LogP contribution >= 0.6 is 7.82 Å². The molecule has 0 amide bonds. The predicted molar refractivity (Wildman–Crippen MR) is 88.1 cm³/mol. The van der Waals surface area contributed by atoms with Gasteiger partial charge in [0.2, 0.25) is 6.79 Å². The van der Waals surface area contributed by atoms with E-state index in [0.29, 0.717) is 39.4 Å². The van der Waals surface area contributed by atoms with Gasteiger partial charge in [-0.05, 0) is 18.2 Å². The van der Waals surface area contributed by atoms with E-state index in [1.54, 1.807) is 30.3 Å². The molecule has 0 saturated heterocycles. The Balaban J connectivity index is 0.00000140. The van der Waals surface area contributed by atoms with E-state index in [1.165, 1.54) is 19.2 Å². The zero-order chi connectivity index (χ0) is 18.3. The summed E-state index contributed by atoms with van der Waals surface area (Å²) in [6.07, 6.45) is 0. The Hall–Kier alpha value is -0.800. The number of benzene rings is 2. The molecule has 0 unspecified atom stereocenters. The van der Waals surface area contributed by atoms with Crippen molar-refractivity contribution >= 4 is 18.7 Å². The van der Waals surface area contributed by atoms with Crippen LogP contribution in [0.15, 0.2) is 42.5 Å². The summed E-state index contributed by atoms with van der Waals surface area (Å²) in [5.41, 5.74) is 1.48. The molecule has 2 heterocycles. The van der Waals surface area contributed by atoms with Crippen LogP contribution in [0, 0.1) is 0 Å². The van der Waals surface area contributed by atoms with Crippen LogP contribution in [0.5, 0.6) is 23.0 Å². The largest absolute Gasteiger partial charge is 1.00 e. The summed E-state index contributed by atoms with van der Waals surface area (Å²) in [7, 11) is -3.73. The molecule has 0 fully saturated rings. The van der Waals surface area contributed by atoms with Gasteiger partial charge in [0.1, 0.15) is 19.3 Å². The summed E-state index contributed by atoms with van der Waals surface area (Å²) in [4.78, 5) is 26.9. The monoisotopic (exact) mass is 419 g/mol. The van der Waals surface area contributed by atoms with Crippen molar-refractivity contribution in [3.05, 3.63) is 42.5 Å². The molecule has 0 bridgehead atoms. The summed E-state index contributed by atoms with van der Waals surface area (Å²) in [6, 6.07) is 11.6. The molecule has 0 saturated carbocycles. The minimum absolute atomic E-state index is 0. The average Bonchev–Trinajstić information content (AvgIpc) is 3.06. The third-order valence-corrected chi connectivity index (χ3v) is 4.26.